The summed E-state index contributed by atoms with van der Waals surface area (Å²) in [6.45, 7) is 19.9. The molecule has 3 N–H and O–H groups in total. The monoisotopic (exact) mass is 1390 g/mol. The fourth-order valence-electron chi connectivity index (χ4n) is 14.4. The van der Waals surface area contributed by atoms with Crippen molar-refractivity contribution in [3.05, 3.63) is 119 Å². The van der Waals surface area contributed by atoms with Crippen LogP contribution in [0, 0.1) is 11.3 Å². The Labute approximate surface area is 574 Å². The summed E-state index contributed by atoms with van der Waals surface area (Å²) in [5.74, 6) is 0.360. The van der Waals surface area contributed by atoms with Crippen LogP contribution < -0.4 is 20.3 Å². The molecule has 4 aromatic rings. The van der Waals surface area contributed by atoms with E-state index in [1.165, 1.54) is 28.8 Å². The maximum Gasteiger partial charge on any atom is 0.578 e. The fourth-order valence-corrected chi connectivity index (χ4v) is 17.0. The molecule has 6 fully saturated rings. The molecular weight excluding hydrogens is 1300 g/mol. The summed E-state index contributed by atoms with van der Waals surface area (Å²) in [7, 11) is 0. The van der Waals surface area contributed by atoms with Gasteiger partial charge < -0.3 is 39.4 Å². The summed E-state index contributed by atoms with van der Waals surface area (Å²) >= 11 is 5.55. The number of morpholine rings is 1. The number of anilines is 2. The average molecular weight is 1390 g/mol. The van der Waals surface area contributed by atoms with E-state index < -0.39 is 40.1 Å². The van der Waals surface area contributed by atoms with E-state index >= 15 is 0 Å². The minimum Gasteiger partial charge on any atom is -0.604 e. The largest absolute Gasteiger partial charge is 0.604 e. The first-order valence-electron chi connectivity index (χ1n) is 33.6. The number of thioether (sulfide) groups is 1. The van der Waals surface area contributed by atoms with Crippen LogP contribution in [-0.2, 0) is 35.1 Å². The lowest BCUT2D eigenvalue weighted by Gasteiger charge is -2.40. The van der Waals surface area contributed by atoms with E-state index in [-0.39, 0.29) is 47.0 Å². The molecule has 0 radical (unpaired) electrons. The van der Waals surface area contributed by atoms with Gasteiger partial charge in [0.15, 0.2) is 4.90 Å². The summed E-state index contributed by atoms with van der Waals surface area (Å²) in [5.41, 5.74) is 0.0836. The number of rotatable bonds is 25. The van der Waals surface area contributed by atoms with Gasteiger partial charge in [-0.3, -0.25) is 48.4 Å². The Hall–Kier alpha value is -5.38. The highest BCUT2D eigenvalue weighted by Gasteiger charge is 2.48. The zero-order chi connectivity index (χ0) is 66.8. The number of hydrogen-bond donors (Lipinski definition) is 3. The smallest absolute Gasteiger partial charge is 0.578 e. The predicted molar refractivity (Wildman–Crippen MR) is 370 cm³/mol. The Bertz CT molecular complexity index is 3300. The molecule has 1 aliphatic carbocycles. The van der Waals surface area contributed by atoms with Gasteiger partial charge in [-0.1, -0.05) is 68.3 Å². The van der Waals surface area contributed by atoms with E-state index in [0.717, 1.165) is 126 Å². The van der Waals surface area contributed by atoms with Gasteiger partial charge in [-0.05, 0) is 140 Å². The lowest BCUT2D eigenvalue weighted by molar-refractivity contribution is -0.141. The number of carbonyl (C=O) groups is 5. The van der Waals surface area contributed by atoms with Gasteiger partial charge in [-0.2, -0.15) is 0 Å². The van der Waals surface area contributed by atoms with Crippen molar-refractivity contribution in [1.29, 1.82) is 0 Å². The Kier molecular flexibility index (Phi) is 24.3. The second kappa shape index (κ2) is 32.5. The first kappa shape index (κ1) is 70.9. The van der Waals surface area contributed by atoms with Crippen LogP contribution in [0.1, 0.15) is 81.6 Å². The number of halogens is 4. The van der Waals surface area contributed by atoms with Gasteiger partial charge in [0.05, 0.1) is 37.5 Å². The Morgan fingerprint density at radius 3 is 2.16 bits per heavy atom. The average Bonchev–Trinajstić information content (AvgIpc) is 1.73. The zero-order valence-corrected chi connectivity index (χ0v) is 58.0. The summed E-state index contributed by atoms with van der Waals surface area (Å²) in [5, 5.41) is 7.06. The van der Waals surface area contributed by atoms with Crippen molar-refractivity contribution in [2.24, 2.45) is 11.3 Å². The Morgan fingerprint density at radius 1 is 0.800 bits per heavy atom. The molecule has 2 bridgehead atoms. The lowest BCUT2D eigenvalue weighted by atomic mass is 9.80. The van der Waals surface area contributed by atoms with Gasteiger partial charge in [0.2, 0.25) is 17.7 Å². The minimum absolute atomic E-state index is 0.134. The van der Waals surface area contributed by atoms with Crippen LogP contribution >= 0.6 is 35.3 Å². The molecule has 7 unspecified atom stereocenters. The van der Waals surface area contributed by atoms with Gasteiger partial charge in [0.1, 0.15) is 23.5 Å². The van der Waals surface area contributed by atoms with Crippen LogP contribution in [0.15, 0.2) is 117 Å². The van der Waals surface area contributed by atoms with Crippen LogP contribution in [-0.4, -0.2) is 241 Å². The molecule has 0 saturated carbocycles. The van der Waals surface area contributed by atoms with E-state index in [0.29, 0.717) is 105 Å². The van der Waals surface area contributed by atoms with Gasteiger partial charge in [-0.25, -0.2) is 0 Å². The van der Waals surface area contributed by atoms with E-state index in [1.54, 1.807) is 34.9 Å². The lowest BCUT2D eigenvalue weighted by Crippen LogP contribution is -2.58. The number of carbonyl (C=O) groups excluding carboxylic acids is 5. The number of fused-ring (bicyclic) bond motifs is 2. The van der Waals surface area contributed by atoms with Crippen LogP contribution in [0.4, 0.5) is 24.5 Å². The van der Waals surface area contributed by atoms with Crippen molar-refractivity contribution < 1.29 is 46.4 Å². The van der Waals surface area contributed by atoms with Crippen molar-refractivity contribution in [2.75, 3.05) is 147 Å². The SMILES string of the molecule is CC(C)(C)C(NC(=O)CN1CCN(CC(=O)N2CCN(CC3CCC(c4ccc(Cl)cc4)=C(CN4CCN(c5ccc(C(=O)NSc6ccc(NC(CCN7CC8CC7CO8)CSc7ccccc7)c([S+]([O-])C(F)(F)F)c6)cc5)CC4)C3)CC2)CC1)C(=O)N1CCCC1C=O. The number of piperazine rings is 3. The first-order valence-corrected chi connectivity index (χ1v) is 37.0. The molecular formula is C70H91ClF3N11O7S3. The molecule has 7 aliphatic rings. The molecule has 0 spiro atoms. The molecule has 4 amide bonds. The number of alkyl halides is 3. The zero-order valence-electron chi connectivity index (χ0n) is 54.8. The molecule has 25 heteroatoms. The number of benzene rings is 4. The molecule has 18 nitrogen and oxygen atoms in total. The molecule has 6 heterocycles. The van der Waals surface area contributed by atoms with E-state index in [9.17, 15) is 41.7 Å². The molecule has 95 heavy (non-hydrogen) atoms. The van der Waals surface area contributed by atoms with Crippen LogP contribution in [0.25, 0.3) is 5.57 Å². The van der Waals surface area contributed by atoms with Crippen molar-refractivity contribution in [3.63, 3.8) is 0 Å². The van der Waals surface area contributed by atoms with E-state index in [1.807, 2.05) is 80.3 Å². The number of nitrogens with one attached hydrogen (secondary N) is 3. The van der Waals surface area contributed by atoms with Crippen molar-refractivity contribution >= 4 is 93.3 Å². The third-order valence-corrected chi connectivity index (χ3v) is 23.1. The van der Waals surface area contributed by atoms with Crippen LogP contribution in [0.3, 0.4) is 0 Å². The van der Waals surface area contributed by atoms with Crippen LogP contribution in [0.5, 0.6) is 0 Å². The van der Waals surface area contributed by atoms with E-state index in [2.05, 4.69) is 56.9 Å². The van der Waals surface area contributed by atoms with Crippen molar-refractivity contribution in [3.8, 4) is 0 Å². The molecule has 11 rings (SSSR count). The summed E-state index contributed by atoms with van der Waals surface area (Å²) in [4.78, 5) is 84.4. The number of amides is 4. The number of nitrogens with zero attached hydrogens (tertiary/aromatic N) is 8. The quantitative estimate of drug-likeness (QED) is 0.0248. The highest BCUT2D eigenvalue weighted by Crippen LogP contribution is 2.40. The van der Waals surface area contributed by atoms with Crippen molar-refractivity contribution in [2.45, 2.75) is 116 Å². The molecule has 0 aromatic heterocycles. The molecule has 7 atom stereocenters. The third-order valence-electron chi connectivity index (χ3n) is 19.8. The maximum absolute atomic E-state index is 14.3. The predicted octanol–water partition coefficient (Wildman–Crippen LogP) is 8.70. The second-order valence-corrected chi connectivity index (χ2v) is 31.3. The third kappa shape index (κ3) is 19.1. The number of likely N-dealkylation sites (tertiary alicyclic amines) is 2. The topological polar surface area (TPSA) is 180 Å². The first-order chi connectivity index (χ1) is 45.7. The normalized spacial score (nSPS) is 23.0. The fraction of sp³-hybridized carbons (Fsp3) is 0.557. The minimum atomic E-state index is -5.00. The highest BCUT2D eigenvalue weighted by atomic mass is 35.5. The summed E-state index contributed by atoms with van der Waals surface area (Å²) in [6, 6.07) is 28.8. The molecule has 6 aliphatic heterocycles. The van der Waals surface area contributed by atoms with Crippen molar-refractivity contribution in [1.82, 2.24) is 44.3 Å². The number of ether oxygens (including phenoxy) is 1. The van der Waals surface area contributed by atoms with Gasteiger partial charge in [0, 0.05) is 161 Å². The Morgan fingerprint density at radius 2 is 1.49 bits per heavy atom. The summed E-state index contributed by atoms with van der Waals surface area (Å²) < 4.78 is 64.5. The highest BCUT2D eigenvalue weighted by molar-refractivity contribution is 7.99. The number of aldehydes is 1. The van der Waals surface area contributed by atoms with Crippen LogP contribution in [0.2, 0.25) is 5.02 Å². The number of hydrogen-bond acceptors (Lipinski definition) is 16. The standard InChI is InChI=1S/C70H91ClF3N11O7S3/c1-69(2,3)66(68(90)85-24-7-8-56(85)46-86)76-64(87)44-80-26-28-81(29-27-80)45-65(88)83-36-32-78(33-37-83)41-49-11-21-61(50-12-16-53(71)17-13-50)52(38-49)42-79-30-34-82(35-31-79)55-18-14-51(15-19-55)67(89)77-94-60-20-22-62(63(40-60)95(91)70(72,73)74)75-54(48-93-59-9-5-4-6-10-59)23-25-84-43-58-39-57(84)47-92-58/h4-6,9-10,12-20,22,40,46,49,54,56-58,66,75H,7-8,11,21,23-39,41-45,47-48H2,1-3H3,(H,76,87)(H,77,89). The number of allylic oxidation sites excluding steroid dienone is 1. The summed E-state index contributed by atoms with van der Waals surface area (Å²) in [6.07, 6.45) is 7.18. The Balaban J connectivity index is 0.627. The molecule has 514 valence electrons. The second-order valence-electron chi connectivity index (χ2n) is 27.5. The van der Waals surface area contributed by atoms with Gasteiger partial charge >= 0.3 is 5.51 Å². The maximum atomic E-state index is 14.3. The molecule has 4 aromatic carbocycles. The van der Waals surface area contributed by atoms with Gasteiger partial charge in [-0.15, -0.1) is 24.9 Å². The van der Waals surface area contributed by atoms with Gasteiger partial charge in [0.25, 0.3) is 5.91 Å². The van der Waals surface area contributed by atoms with E-state index in [4.69, 9.17) is 16.3 Å². The molecule has 6 saturated heterocycles.